The number of hydrogen-bond acceptors (Lipinski definition) is 7. The number of benzene rings is 1. The van der Waals surface area contributed by atoms with E-state index in [0.29, 0.717) is 11.8 Å². The summed E-state index contributed by atoms with van der Waals surface area (Å²) < 4.78 is 0. The number of aromatic nitrogens is 4. The van der Waals surface area contributed by atoms with Gasteiger partial charge in [-0.3, -0.25) is 0 Å². The van der Waals surface area contributed by atoms with Crippen LogP contribution in [0.3, 0.4) is 0 Å². The highest BCUT2D eigenvalue weighted by Gasteiger charge is 2.06. The molecule has 7 heteroatoms. The van der Waals surface area contributed by atoms with E-state index in [2.05, 4.69) is 37.4 Å². The molecule has 0 bridgehead atoms. The lowest BCUT2D eigenvalue weighted by Gasteiger charge is -2.07. The Morgan fingerprint density at radius 1 is 0.840 bits per heavy atom. The Bertz CT molecular complexity index is 958. The van der Waals surface area contributed by atoms with Gasteiger partial charge in [-0.25, -0.2) is 19.9 Å². The van der Waals surface area contributed by atoms with Crippen molar-refractivity contribution in [2.45, 2.75) is 9.92 Å². The summed E-state index contributed by atoms with van der Waals surface area (Å²) in [7, 11) is 0. The number of anilines is 2. The van der Waals surface area contributed by atoms with E-state index in [4.69, 9.17) is 0 Å². The smallest absolute Gasteiger partial charge is 0.228 e. The van der Waals surface area contributed by atoms with E-state index in [-0.39, 0.29) is 0 Å². The number of pyridine rings is 1. The fourth-order valence-electron chi connectivity index (χ4n) is 2.15. The number of thiazole rings is 1. The molecule has 5 nitrogen and oxygen atoms in total. The van der Waals surface area contributed by atoms with Crippen LogP contribution in [-0.2, 0) is 0 Å². The molecule has 0 saturated carbocycles. The molecule has 0 fully saturated rings. The van der Waals surface area contributed by atoms with E-state index < -0.39 is 0 Å². The molecule has 0 saturated heterocycles. The molecule has 0 amide bonds. The molecule has 0 aliphatic heterocycles. The van der Waals surface area contributed by atoms with Gasteiger partial charge in [-0.05, 0) is 30.3 Å². The third-order valence-corrected chi connectivity index (χ3v) is 4.98. The van der Waals surface area contributed by atoms with Gasteiger partial charge in [0, 0.05) is 22.7 Å². The van der Waals surface area contributed by atoms with Gasteiger partial charge in [0.25, 0.3) is 0 Å². The van der Waals surface area contributed by atoms with Crippen molar-refractivity contribution in [2.75, 3.05) is 5.32 Å². The fraction of sp³-hybridized carbons (Fsp3) is 0. The van der Waals surface area contributed by atoms with E-state index in [0.717, 1.165) is 20.6 Å². The molecule has 1 N–H and O–H groups in total. The molecule has 0 aliphatic rings. The molecular weight excluding hydrogens is 350 g/mol. The minimum atomic E-state index is 0.502. The Labute approximate surface area is 153 Å². The van der Waals surface area contributed by atoms with Crippen LogP contribution >= 0.6 is 23.1 Å². The van der Waals surface area contributed by atoms with Crippen LogP contribution in [0.4, 0.5) is 11.8 Å². The molecule has 1 aromatic carbocycles. The Hall–Kier alpha value is -2.77. The number of hydrogen-bond donors (Lipinski definition) is 1. The topological polar surface area (TPSA) is 63.6 Å². The van der Waals surface area contributed by atoms with Crippen molar-refractivity contribution in [3.63, 3.8) is 0 Å². The first-order valence-corrected chi connectivity index (χ1v) is 9.26. The predicted octanol–water partition coefficient (Wildman–Crippen LogP) is 4.89. The zero-order valence-electron chi connectivity index (χ0n) is 13.0. The van der Waals surface area contributed by atoms with Crippen LogP contribution in [0.1, 0.15) is 0 Å². The van der Waals surface area contributed by atoms with Crippen molar-refractivity contribution in [1.29, 1.82) is 0 Å². The standard InChI is InChI=1S/C18H13N5S2/c1-2-5-13(6-3-1)25-16-8-4-7-15(22-16)23-18-20-10-9-14(21-18)17-19-11-12-24-17/h1-12H,(H,20,21,22,23). The lowest BCUT2D eigenvalue weighted by Crippen LogP contribution is -1.99. The van der Waals surface area contributed by atoms with Crippen molar-refractivity contribution in [3.05, 3.63) is 72.4 Å². The first-order valence-electron chi connectivity index (χ1n) is 7.57. The molecule has 0 atom stereocenters. The van der Waals surface area contributed by atoms with Crippen LogP contribution in [0.5, 0.6) is 0 Å². The van der Waals surface area contributed by atoms with Crippen LogP contribution in [0.25, 0.3) is 10.7 Å². The van der Waals surface area contributed by atoms with Crippen molar-refractivity contribution in [1.82, 2.24) is 19.9 Å². The van der Waals surface area contributed by atoms with Gasteiger partial charge in [0.2, 0.25) is 5.95 Å². The highest BCUT2D eigenvalue weighted by molar-refractivity contribution is 7.99. The van der Waals surface area contributed by atoms with Gasteiger partial charge in [0.15, 0.2) is 0 Å². The predicted molar refractivity (Wildman–Crippen MR) is 101 cm³/mol. The second kappa shape index (κ2) is 7.42. The van der Waals surface area contributed by atoms with Crippen LogP contribution in [0, 0.1) is 0 Å². The Morgan fingerprint density at radius 2 is 1.76 bits per heavy atom. The van der Waals surface area contributed by atoms with E-state index in [1.54, 1.807) is 35.5 Å². The molecule has 122 valence electrons. The van der Waals surface area contributed by atoms with Crippen LogP contribution in [0.2, 0.25) is 0 Å². The molecule has 0 spiro atoms. The number of nitrogens with zero attached hydrogens (tertiary/aromatic N) is 4. The average Bonchev–Trinajstić information content (AvgIpc) is 3.18. The quantitative estimate of drug-likeness (QED) is 0.545. The van der Waals surface area contributed by atoms with Gasteiger partial charge in [-0.2, -0.15) is 0 Å². The summed E-state index contributed by atoms with van der Waals surface area (Å²) in [6.07, 6.45) is 3.48. The summed E-state index contributed by atoms with van der Waals surface area (Å²) in [5.74, 6) is 1.21. The Morgan fingerprint density at radius 3 is 2.60 bits per heavy atom. The van der Waals surface area contributed by atoms with Crippen LogP contribution < -0.4 is 5.32 Å². The van der Waals surface area contributed by atoms with E-state index in [9.17, 15) is 0 Å². The largest absolute Gasteiger partial charge is 0.309 e. The van der Waals surface area contributed by atoms with Crippen molar-refractivity contribution >= 4 is 34.9 Å². The van der Waals surface area contributed by atoms with E-state index in [1.807, 2.05) is 47.8 Å². The van der Waals surface area contributed by atoms with Crippen LogP contribution in [0.15, 0.2) is 82.3 Å². The highest BCUT2D eigenvalue weighted by atomic mass is 32.2. The second-order valence-electron chi connectivity index (χ2n) is 5.00. The maximum absolute atomic E-state index is 4.61. The third kappa shape index (κ3) is 4.01. The van der Waals surface area contributed by atoms with Gasteiger partial charge in [-0.15, -0.1) is 11.3 Å². The van der Waals surface area contributed by atoms with Gasteiger partial charge >= 0.3 is 0 Å². The zero-order valence-corrected chi connectivity index (χ0v) is 14.7. The minimum absolute atomic E-state index is 0.502. The van der Waals surface area contributed by atoms with Crippen molar-refractivity contribution in [3.8, 4) is 10.7 Å². The summed E-state index contributed by atoms with van der Waals surface area (Å²) in [6, 6.07) is 17.8. The molecule has 4 aromatic rings. The Kier molecular flexibility index (Phi) is 4.67. The summed E-state index contributed by atoms with van der Waals surface area (Å²) in [5, 5.41) is 6.87. The SMILES string of the molecule is c1ccc(Sc2cccc(Nc3nccc(-c4nccs4)n3)n2)cc1. The first-order chi connectivity index (χ1) is 12.4. The van der Waals surface area contributed by atoms with Crippen molar-refractivity contribution in [2.24, 2.45) is 0 Å². The van der Waals surface area contributed by atoms with Gasteiger partial charge < -0.3 is 5.32 Å². The van der Waals surface area contributed by atoms with Gasteiger partial charge in [0.1, 0.15) is 21.5 Å². The van der Waals surface area contributed by atoms with E-state index >= 15 is 0 Å². The Balaban J connectivity index is 1.53. The number of rotatable bonds is 5. The van der Waals surface area contributed by atoms with Gasteiger partial charge in [-0.1, -0.05) is 36.0 Å². The maximum atomic E-state index is 4.61. The highest BCUT2D eigenvalue weighted by Crippen LogP contribution is 2.27. The maximum Gasteiger partial charge on any atom is 0.228 e. The molecule has 3 aromatic heterocycles. The summed E-state index contributed by atoms with van der Waals surface area (Å²) in [6.45, 7) is 0. The molecule has 3 heterocycles. The monoisotopic (exact) mass is 363 g/mol. The zero-order chi connectivity index (χ0) is 16.9. The molecule has 0 unspecified atom stereocenters. The molecule has 0 radical (unpaired) electrons. The summed E-state index contributed by atoms with van der Waals surface area (Å²) >= 11 is 3.16. The van der Waals surface area contributed by atoms with E-state index in [1.165, 1.54) is 0 Å². The molecule has 4 rings (SSSR count). The van der Waals surface area contributed by atoms with Crippen LogP contribution in [-0.4, -0.2) is 19.9 Å². The van der Waals surface area contributed by atoms with Crippen molar-refractivity contribution < 1.29 is 0 Å². The molecular formula is C18H13N5S2. The summed E-state index contributed by atoms with van der Waals surface area (Å²) in [5.41, 5.74) is 0.794. The third-order valence-electron chi connectivity index (χ3n) is 3.24. The minimum Gasteiger partial charge on any atom is -0.309 e. The molecule has 25 heavy (non-hydrogen) atoms. The first kappa shape index (κ1) is 15.7. The normalized spacial score (nSPS) is 10.6. The lowest BCUT2D eigenvalue weighted by molar-refractivity contribution is 1.10. The summed E-state index contributed by atoms with van der Waals surface area (Å²) in [4.78, 5) is 18.8. The fourth-order valence-corrected chi connectivity index (χ4v) is 3.59. The average molecular weight is 363 g/mol. The number of nitrogens with one attached hydrogen (secondary N) is 1. The molecule has 0 aliphatic carbocycles. The second-order valence-corrected chi connectivity index (χ2v) is 6.99. The lowest BCUT2D eigenvalue weighted by atomic mass is 10.4. The van der Waals surface area contributed by atoms with Gasteiger partial charge in [0.05, 0.1) is 0 Å².